The molecule has 0 radical (unpaired) electrons. The Morgan fingerprint density at radius 3 is 1.60 bits per heavy atom. The molecule has 10 aromatic carbocycles. The first-order valence-corrected chi connectivity index (χ1v) is 47.4. The molecular weight excluding hydrogens is 1880 g/mol. The molecule has 8 aliphatic rings. The van der Waals surface area contributed by atoms with Gasteiger partial charge in [0.05, 0.1) is 19.1 Å². The van der Waals surface area contributed by atoms with Crippen molar-refractivity contribution in [1.82, 2.24) is 34.4 Å². The van der Waals surface area contributed by atoms with Gasteiger partial charge in [0.15, 0.2) is 28.8 Å². The van der Waals surface area contributed by atoms with E-state index in [1.807, 2.05) is 149 Å². The number of nitrogens with zero attached hydrogens (tertiary/aromatic N) is 7. The third-order valence-electron chi connectivity index (χ3n) is 24.0. The van der Waals surface area contributed by atoms with Gasteiger partial charge in [-0.25, -0.2) is 19.5 Å². The van der Waals surface area contributed by atoms with Crippen LogP contribution in [-0.4, -0.2) is 159 Å². The number of aliphatic hydroxyl groups is 1. The summed E-state index contributed by atoms with van der Waals surface area (Å²) in [7, 11) is 3.18. The molecular formula is C108H91N7O18S6. The Morgan fingerprint density at radius 2 is 1.01 bits per heavy atom. The van der Waals surface area contributed by atoms with Crippen LogP contribution in [0, 0.1) is 13.8 Å². The number of aryl methyl sites for hydroxylation is 4. The van der Waals surface area contributed by atoms with Gasteiger partial charge in [0.2, 0.25) is 5.91 Å². The first-order valence-electron chi connectivity index (χ1n) is 44.5. The second kappa shape index (κ2) is 42.8. The Hall–Kier alpha value is -14.8. The predicted octanol–water partition coefficient (Wildman–Crippen LogP) is 21.5. The van der Waals surface area contributed by atoms with Crippen molar-refractivity contribution in [2.24, 2.45) is 0 Å². The predicted molar refractivity (Wildman–Crippen MR) is 556 cm³/mol. The molecule has 2 aliphatic carbocycles. The highest BCUT2D eigenvalue weighted by atomic mass is 32.2. The number of furan rings is 2. The van der Waals surface area contributed by atoms with E-state index in [1.165, 1.54) is 78.4 Å². The number of hydrogen-bond acceptors (Lipinski definition) is 25. The van der Waals surface area contributed by atoms with E-state index in [0.717, 1.165) is 158 Å². The molecule has 139 heavy (non-hydrogen) atoms. The lowest BCUT2D eigenvalue weighted by Crippen LogP contribution is -2.32. The Kier molecular flexibility index (Phi) is 30.0. The van der Waals surface area contributed by atoms with Crippen LogP contribution in [0.2, 0.25) is 0 Å². The number of hydrogen-bond donors (Lipinski definition) is 1. The molecule has 702 valence electrons. The molecule has 9 heterocycles. The lowest BCUT2D eigenvalue weighted by atomic mass is 9.85. The zero-order chi connectivity index (χ0) is 98.1. The van der Waals surface area contributed by atoms with Gasteiger partial charge < -0.3 is 47.1 Å². The number of pyridine rings is 1. The molecule has 0 bridgehead atoms. The van der Waals surface area contributed by atoms with Gasteiger partial charge in [-0.1, -0.05) is 157 Å². The number of rotatable bonds is 14. The maximum absolute atomic E-state index is 12.7. The molecule has 3 aromatic heterocycles. The maximum atomic E-state index is 12.7. The number of thioether (sulfide) groups is 1. The average molecular weight is 1970 g/mol. The standard InChI is InChI=1S/C20H17NO4S.C20H17NO2S.C19H17NOS2.C18H16N2O3S.C18H13NO4.C13H11NO4S/c1-10-5-4-6-14-15-8-13(7-11(2)17(15)24-16(10)14)12(3)18-19(23)21(9-22)20(26)25-18;1-2-10-21-19(22)18(23-20(21)24)16-9-5-8-15-11-13-6-3-4-7-14(13)12-17(15)16;1-2-20-18(21)17(23-19(20)22)15-9-5-8-14-10-12-6-3-4-7-13(12)11-16(14)15;1-22-15-4-2-14(3-5-15)12-16-17(21)20(18(24)23-16)11-8-13-6-9-19-10-7-13;1-2-19-17(20)16(23-18(19)21)10-11-7-8-15-13(9-11)12-5-3-4-6-14(12)22-15;1-8(15)14-12(16)11(18-13(14)19)7-9-3-5-10(17-2)6-4-9/h4-8,22H,9H2,1-3H3;2-4,6-7,11-12H,1,5,8-10H2;3-4,6-7,10-11H,2,5,8-9H2,1H3;2-7,9-10,12H,8,11H2,1H3;3-10H,2H2,1H3;3-7H,1-2H3/b18-12+;18-16+;17-15+;16-12+;16-10+;11-7+. The molecule has 13 aromatic rings. The largest absolute Gasteiger partial charge is 0.497 e. The summed E-state index contributed by atoms with van der Waals surface area (Å²) in [5, 5.41) is 18.4. The molecule has 6 aliphatic heterocycles. The van der Waals surface area contributed by atoms with Crippen molar-refractivity contribution < 1.29 is 85.5 Å². The lowest BCUT2D eigenvalue weighted by Gasteiger charge is -2.21. The first-order chi connectivity index (χ1) is 67.2. The quantitative estimate of drug-likeness (QED) is 0.0601. The molecule has 0 saturated carbocycles. The zero-order valence-electron chi connectivity index (χ0n) is 76.8. The summed E-state index contributed by atoms with van der Waals surface area (Å²) in [6, 6.07) is 67.2. The number of aliphatic hydroxyl groups excluding tert-OH is 1. The number of amides is 8. The fourth-order valence-electron chi connectivity index (χ4n) is 16.9. The van der Waals surface area contributed by atoms with Gasteiger partial charge in [0.25, 0.3) is 50.2 Å². The molecule has 0 atom stereocenters. The SMILES string of the molecule is C/C(=C1\OC(=S)N(CO)C1=O)c1cc(C)c2oc3c(C)cccc3c2c1.C=CCN1C(=O)/C(=C2/CCCc3cc4ccccc4cc32)OC1=S.CCN1C(=O)/C(=C2/CCCc3cc4ccccc4cc32)SC1=S.CCN1C(=O)O/C(=C/c2ccc3oc4ccccc4c3c2)C1=O.COc1ccc(/C=C2/OC(=S)N(C(C)=O)C2=O)cc1.COc1ccc(/C=C2/OC(=S)N(CCc3ccncc3)C2=O)cc1. The summed E-state index contributed by atoms with van der Waals surface area (Å²) < 4.78 is 49.4. The highest BCUT2D eigenvalue weighted by molar-refractivity contribution is 8.26. The number of benzene rings is 10. The number of likely N-dealkylation sites (N-methyl/N-ethyl adjacent to an activating group) is 2. The topological polar surface area (TPSA) is 280 Å². The normalized spacial score (nSPS) is 17.9. The highest BCUT2D eigenvalue weighted by Crippen LogP contribution is 2.45. The van der Waals surface area contributed by atoms with Gasteiger partial charge in [0.1, 0.15) is 44.9 Å². The minimum absolute atomic E-state index is 0.0327. The van der Waals surface area contributed by atoms with E-state index in [9.17, 15) is 43.5 Å². The summed E-state index contributed by atoms with van der Waals surface area (Å²) >= 11 is 27.1. The van der Waals surface area contributed by atoms with Crippen LogP contribution in [0.4, 0.5) is 4.79 Å². The van der Waals surface area contributed by atoms with E-state index in [0.29, 0.717) is 54.0 Å². The van der Waals surface area contributed by atoms with Crippen molar-refractivity contribution >= 4 is 246 Å². The van der Waals surface area contributed by atoms with Crippen molar-refractivity contribution in [3.63, 3.8) is 0 Å². The van der Waals surface area contributed by atoms with Gasteiger partial charge in [0, 0.05) is 78.2 Å². The number of fused-ring (bicyclic) bond motifs is 10. The van der Waals surface area contributed by atoms with Crippen molar-refractivity contribution in [2.75, 3.05) is 47.1 Å². The summed E-state index contributed by atoms with van der Waals surface area (Å²) in [6.07, 6.45) is 16.0. The van der Waals surface area contributed by atoms with Gasteiger partial charge >= 0.3 is 12.0 Å². The summed E-state index contributed by atoms with van der Waals surface area (Å²) in [5.41, 5.74) is 17.5. The number of carbonyl (C=O) groups is 8. The molecule has 6 fully saturated rings. The minimum Gasteiger partial charge on any atom is -0.497 e. The van der Waals surface area contributed by atoms with Crippen LogP contribution >= 0.6 is 72.9 Å². The Balaban J connectivity index is 0.000000121. The molecule has 25 nitrogen and oxygen atoms in total. The van der Waals surface area contributed by atoms with E-state index in [2.05, 4.69) is 72.2 Å². The fraction of sp³-hybridized carbons (Fsp3) is 0.185. The first kappa shape index (κ1) is 97.3. The summed E-state index contributed by atoms with van der Waals surface area (Å²) in [6.45, 7) is 15.7. The number of imide groups is 2. The molecule has 31 heteroatoms. The van der Waals surface area contributed by atoms with Gasteiger partial charge in [-0.15, -0.1) is 6.58 Å². The van der Waals surface area contributed by atoms with Crippen LogP contribution in [0.5, 0.6) is 11.5 Å². The lowest BCUT2D eigenvalue weighted by molar-refractivity contribution is -0.135. The average Bonchev–Trinajstić information content (AvgIpc) is 1.79. The van der Waals surface area contributed by atoms with E-state index in [1.54, 1.807) is 80.9 Å². The summed E-state index contributed by atoms with van der Waals surface area (Å²) in [4.78, 5) is 109. The monoisotopic (exact) mass is 1970 g/mol. The smallest absolute Gasteiger partial charge is 0.422 e. The number of carbonyl (C=O) groups excluding carboxylic acids is 8. The Morgan fingerprint density at radius 1 is 0.482 bits per heavy atom. The van der Waals surface area contributed by atoms with Crippen LogP contribution in [-0.2, 0) is 76.5 Å². The second-order valence-electron chi connectivity index (χ2n) is 32.7. The zero-order valence-corrected chi connectivity index (χ0v) is 81.7. The number of thiocarbonyl (C=S) groups is 5. The number of cyclic esters (lactones) is 1. The molecule has 0 spiro atoms. The highest BCUT2D eigenvalue weighted by Gasteiger charge is 2.41. The number of para-hydroxylation sites is 2. The van der Waals surface area contributed by atoms with E-state index in [-0.39, 0.29) is 61.5 Å². The van der Waals surface area contributed by atoms with Crippen LogP contribution in [0.1, 0.15) is 115 Å². The van der Waals surface area contributed by atoms with Crippen LogP contribution in [0.15, 0.2) is 274 Å². The van der Waals surface area contributed by atoms with E-state index in [4.69, 9.17) is 103 Å². The Labute approximate surface area is 830 Å². The third-order valence-corrected chi connectivity index (χ3v) is 26.7. The van der Waals surface area contributed by atoms with Crippen molar-refractivity contribution in [2.45, 2.75) is 86.5 Å². The molecule has 1 N–H and O–H groups in total. The van der Waals surface area contributed by atoms with E-state index < -0.39 is 36.5 Å². The number of methoxy groups -OCH3 is 2. The van der Waals surface area contributed by atoms with Gasteiger partial charge in [-0.2, -0.15) is 0 Å². The van der Waals surface area contributed by atoms with Crippen LogP contribution in [0.25, 0.3) is 100 Å². The Bertz CT molecular complexity index is 7500. The molecule has 21 rings (SSSR count). The molecule has 6 saturated heterocycles. The molecule has 0 unspecified atom stereocenters. The van der Waals surface area contributed by atoms with Crippen molar-refractivity contribution in [3.05, 3.63) is 326 Å². The van der Waals surface area contributed by atoms with E-state index >= 15 is 0 Å². The van der Waals surface area contributed by atoms with Gasteiger partial charge in [-0.3, -0.25) is 53.2 Å². The maximum Gasteiger partial charge on any atom is 0.422 e. The van der Waals surface area contributed by atoms with Crippen LogP contribution in [0.3, 0.4) is 0 Å². The molecule has 8 amide bonds. The number of allylic oxidation sites excluding steroid dienone is 3. The van der Waals surface area contributed by atoms with Gasteiger partial charge in [-0.05, 0) is 314 Å². The third kappa shape index (κ3) is 20.8. The van der Waals surface area contributed by atoms with Crippen LogP contribution < -0.4 is 9.47 Å². The fourth-order valence-corrected chi connectivity index (χ4v) is 19.4. The number of aromatic nitrogens is 1. The minimum atomic E-state index is -0.626. The second-order valence-corrected chi connectivity index (χ2v) is 35.8. The van der Waals surface area contributed by atoms with Crippen molar-refractivity contribution in [1.29, 1.82) is 0 Å². The van der Waals surface area contributed by atoms with Crippen molar-refractivity contribution in [3.8, 4) is 11.5 Å². The number of ether oxygens (including phenoxy) is 7. The summed E-state index contributed by atoms with van der Waals surface area (Å²) in [5.74, 6) is 0.169.